The SMILES string of the molecule is CCOc1cccc(Nc2ccc(N)cc2Br)c1. The molecule has 2 aromatic carbocycles. The molecule has 0 aromatic heterocycles. The maximum Gasteiger partial charge on any atom is 0.121 e. The predicted molar refractivity (Wildman–Crippen MR) is 79.4 cm³/mol. The highest BCUT2D eigenvalue weighted by molar-refractivity contribution is 9.10. The molecular formula is C14H15BrN2O. The Hall–Kier alpha value is -1.68. The van der Waals surface area contributed by atoms with Crippen molar-refractivity contribution in [2.24, 2.45) is 0 Å². The summed E-state index contributed by atoms with van der Waals surface area (Å²) in [4.78, 5) is 0. The summed E-state index contributed by atoms with van der Waals surface area (Å²) >= 11 is 3.48. The lowest BCUT2D eigenvalue weighted by Crippen LogP contribution is -1.95. The van der Waals surface area contributed by atoms with Gasteiger partial charge in [0.2, 0.25) is 0 Å². The highest BCUT2D eigenvalue weighted by Crippen LogP contribution is 2.28. The van der Waals surface area contributed by atoms with Crippen LogP contribution in [-0.4, -0.2) is 6.61 Å². The molecule has 0 unspecified atom stereocenters. The molecule has 0 aliphatic heterocycles. The van der Waals surface area contributed by atoms with Gasteiger partial charge in [-0.3, -0.25) is 0 Å². The quantitative estimate of drug-likeness (QED) is 0.833. The van der Waals surface area contributed by atoms with Crippen LogP contribution < -0.4 is 15.8 Å². The van der Waals surface area contributed by atoms with Gasteiger partial charge in [0.05, 0.1) is 12.3 Å². The fraction of sp³-hybridized carbons (Fsp3) is 0.143. The molecule has 4 heteroatoms. The maximum atomic E-state index is 5.71. The molecule has 3 nitrogen and oxygen atoms in total. The van der Waals surface area contributed by atoms with E-state index in [1.165, 1.54) is 0 Å². The number of nitrogen functional groups attached to an aromatic ring is 1. The van der Waals surface area contributed by atoms with Crippen LogP contribution in [0.3, 0.4) is 0 Å². The summed E-state index contributed by atoms with van der Waals surface area (Å²) < 4.78 is 6.40. The third-order valence-electron chi connectivity index (χ3n) is 2.42. The van der Waals surface area contributed by atoms with Crippen LogP contribution in [0.2, 0.25) is 0 Å². The first-order chi connectivity index (χ1) is 8.69. The molecule has 2 aromatic rings. The van der Waals surface area contributed by atoms with Gasteiger partial charge in [0, 0.05) is 21.9 Å². The highest BCUT2D eigenvalue weighted by Gasteiger charge is 2.02. The number of anilines is 3. The van der Waals surface area contributed by atoms with Crippen molar-refractivity contribution in [1.29, 1.82) is 0 Å². The molecule has 0 bridgehead atoms. The molecular weight excluding hydrogens is 292 g/mol. The van der Waals surface area contributed by atoms with Crippen molar-refractivity contribution >= 4 is 33.0 Å². The minimum Gasteiger partial charge on any atom is -0.494 e. The van der Waals surface area contributed by atoms with Crippen LogP contribution in [-0.2, 0) is 0 Å². The standard InChI is InChI=1S/C14H15BrN2O/c1-2-18-12-5-3-4-11(9-12)17-14-7-6-10(16)8-13(14)15/h3-9,17H,2,16H2,1H3. The van der Waals surface area contributed by atoms with E-state index in [0.717, 1.165) is 27.3 Å². The van der Waals surface area contributed by atoms with Crippen LogP contribution >= 0.6 is 15.9 Å². The molecule has 0 atom stereocenters. The van der Waals surface area contributed by atoms with E-state index < -0.39 is 0 Å². The molecule has 0 amide bonds. The first-order valence-corrected chi connectivity index (χ1v) is 6.53. The molecule has 0 spiro atoms. The molecule has 18 heavy (non-hydrogen) atoms. The second-order valence-corrected chi connectivity index (χ2v) is 4.68. The third-order valence-corrected chi connectivity index (χ3v) is 3.07. The van der Waals surface area contributed by atoms with Gasteiger partial charge in [-0.15, -0.1) is 0 Å². The molecule has 0 heterocycles. The first kappa shape index (κ1) is 12.8. The van der Waals surface area contributed by atoms with E-state index in [1.54, 1.807) is 0 Å². The normalized spacial score (nSPS) is 10.1. The van der Waals surface area contributed by atoms with Gasteiger partial charge in [-0.1, -0.05) is 6.07 Å². The Kier molecular flexibility index (Phi) is 4.10. The van der Waals surface area contributed by atoms with E-state index >= 15 is 0 Å². The van der Waals surface area contributed by atoms with Gasteiger partial charge < -0.3 is 15.8 Å². The van der Waals surface area contributed by atoms with Crippen LogP contribution in [0, 0.1) is 0 Å². The third kappa shape index (κ3) is 3.17. The molecule has 0 radical (unpaired) electrons. The van der Waals surface area contributed by atoms with Crippen molar-refractivity contribution < 1.29 is 4.74 Å². The monoisotopic (exact) mass is 306 g/mol. The van der Waals surface area contributed by atoms with Crippen LogP contribution in [0.25, 0.3) is 0 Å². The van der Waals surface area contributed by atoms with Gasteiger partial charge in [0.25, 0.3) is 0 Å². The van der Waals surface area contributed by atoms with Crippen molar-refractivity contribution in [1.82, 2.24) is 0 Å². The molecule has 0 aliphatic carbocycles. The van der Waals surface area contributed by atoms with Crippen LogP contribution in [0.15, 0.2) is 46.9 Å². The number of benzene rings is 2. The Morgan fingerprint density at radius 3 is 2.78 bits per heavy atom. The molecule has 0 saturated carbocycles. The van der Waals surface area contributed by atoms with Gasteiger partial charge in [0.15, 0.2) is 0 Å². The fourth-order valence-electron chi connectivity index (χ4n) is 1.62. The van der Waals surface area contributed by atoms with E-state index in [1.807, 2.05) is 49.4 Å². The predicted octanol–water partition coefficient (Wildman–Crippen LogP) is 4.17. The average Bonchev–Trinajstić information content (AvgIpc) is 2.34. The Labute approximate surface area is 115 Å². The van der Waals surface area contributed by atoms with Crippen molar-refractivity contribution in [3.05, 3.63) is 46.9 Å². The molecule has 2 rings (SSSR count). The number of halogens is 1. The second-order valence-electron chi connectivity index (χ2n) is 3.83. The number of hydrogen-bond acceptors (Lipinski definition) is 3. The Morgan fingerprint density at radius 2 is 2.06 bits per heavy atom. The molecule has 0 fully saturated rings. The minimum absolute atomic E-state index is 0.662. The Bertz CT molecular complexity index is 543. The summed E-state index contributed by atoms with van der Waals surface area (Å²) in [5, 5.41) is 3.32. The lowest BCUT2D eigenvalue weighted by Gasteiger charge is -2.10. The van der Waals surface area contributed by atoms with Crippen LogP contribution in [0.1, 0.15) is 6.92 Å². The summed E-state index contributed by atoms with van der Waals surface area (Å²) in [7, 11) is 0. The van der Waals surface area contributed by atoms with Crippen LogP contribution in [0.5, 0.6) is 5.75 Å². The van der Waals surface area contributed by atoms with E-state index in [4.69, 9.17) is 10.5 Å². The molecule has 0 aliphatic rings. The van der Waals surface area contributed by atoms with Crippen molar-refractivity contribution in [3.63, 3.8) is 0 Å². The Balaban J connectivity index is 2.20. The summed E-state index contributed by atoms with van der Waals surface area (Å²) in [5.41, 5.74) is 8.39. The van der Waals surface area contributed by atoms with E-state index in [2.05, 4.69) is 21.2 Å². The van der Waals surface area contributed by atoms with Crippen molar-refractivity contribution in [2.75, 3.05) is 17.7 Å². The molecule has 3 N–H and O–H groups in total. The molecule has 94 valence electrons. The smallest absolute Gasteiger partial charge is 0.121 e. The maximum absolute atomic E-state index is 5.71. The number of hydrogen-bond donors (Lipinski definition) is 2. The van der Waals surface area contributed by atoms with Gasteiger partial charge in [-0.05, 0) is 53.2 Å². The summed E-state index contributed by atoms with van der Waals surface area (Å²) in [6.45, 7) is 2.63. The summed E-state index contributed by atoms with van der Waals surface area (Å²) in [5.74, 6) is 0.856. The van der Waals surface area contributed by atoms with E-state index in [9.17, 15) is 0 Å². The number of ether oxygens (including phenoxy) is 1. The highest BCUT2D eigenvalue weighted by atomic mass is 79.9. The van der Waals surface area contributed by atoms with Gasteiger partial charge >= 0.3 is 0 Å². The number of rotatable bonds is 4. The van der Waals surface area contributed by atoms with Gasteiger partial charge in [-0.2, -0.15) is 0 Å². The lowest BCUT2D eigenvalue weighted by atomic mass is 10.2. The molecule has 0 saturated heterocycles. The zero-order valence-electron chi connectivity index (χ0n) is 10.1. The van der Waals surface area contributed by atoms with Crippen LogP contribution in [0.4, 0.5) is 17.1 Å². The number of nitrogens with two attached hydrogens (primary N) is 1. The van der Waals surface area contributed by atoms with Gasteiger partial charge in [-0.25, -0.2) is 0 Å². The second kappa shape index (κ2) is 5.78. The fourth-order valence-corrected chi connectivity index (χ4v) is 2.11. The van der Waals surface area contributed by atoms with Crippen molar-refractivity contribution in [3.8, 4) is 5.75 Å². The Morgan fingerprint density at radius 1 is 1.22 bits per heavy atom. The zero-order chi connectivity index (χ0) is 13.0. The summed E-state index contributed by atoms with van der Waals surface area (Å²) in [6, 6.07) is 13.5. The zero-order valence-corrected chi connectivity index (χ0v) is 11.7. The van der Waals surface area contributed by atoms with Gasteiger partial charge in [0.1, 0.15) is 5.75 Å². The summed E-state index contributed by atoms with van der Waals surface area (Å²) in [6.07, 6.45) is 0. The minimum atomic E-state index is 0.662. The number of nitrogens with one attached hydrogen (secondary N) is 1. The first-order valence-electron chi connectivity index (χ1n) is 5.74. The van der Waals surface area contributed by atoms with E-state index in [-0.39, 0.29) is 0 Å². The largest absolute Gasteiger partial charge is 0.494 e. The van der Waals surface area contributed by atoms with E-state index in [0.29, 0.717) is 6.61 Å². The van der Waals surface area contributed by atoms with Crippen molar-refractivity contribution in [2.45, 2.75) is 6.92 Å². The lowest BCUT2D eigenvalue weighted by molar-refractivity contribution is 0.340. The average molecular weight is 307 g/mol. The topological polar surface area (TPSA) is 47.3 Å².